The van der Waals surface area contributed by atoms with Gasteiger partial charge >= 0.3 is 0 Å². The van der Waals surface area contributed by atoms with Gasteiger partial charge in [0, 0.05) is 77.0 Å². The number of rotatable bonds is 4. The van der Waals surface area contributed by atoms with Gasteiger partial charge in [-0.25, -0.2) is 15.0 Å². The number of fused-ring (bicyclic) bond motifs is 1. The monoisotopic (exact) mass is 439 g/mol. The van der Waals surface area contributed by atoms with Crippen molar-refractivity contribution in [3.05, 3.63) is 30.0 Å². The lowest BCUT2D eigenvalue weighted by Crippen LogP contribution is -2.51. The first-order chi connectivity index (χ1) is 15.4. The predicted molar refractivity (Wildman–Crippen MR) is 126 cm³/mol. The highest BCUT2D eigenvalue weighted by Gasteiger charge is 2.33. The molecule has 0 radical (unpaired) electrons. The summed E-state index contributed by atoms with van der Waals surface area (Å²) < 4.78 is 7.72. The Balaban J connectivity index is 1.59. The Hall–Kier alpha value is -2.69. The van der Waals surface area contributed by atoms with Crippen LogP contribution in [0.2, 0.25) is 0 Å². The van der Waals surface area contributed by atoms with Gasteiger partial charge in [0.2, 0.25) is 0 Å². The van der Waals surface area contributed by atoms with Crippen LogP contribution in [0.25, 0.3) is 11.2 Å². The van der Waals surface area contributed by atoms with Crippen LogP contribution in [0.3, 0.4) is 0 Å². The Morgan fingerprint density at radius 3 is 2.53 bits per heavy atom. The number of anilines is 1. The highest BCUT2D eigenvalue weighted by atomic mass is 16.5. The first-order valence-corrected chi connectivity index (χ1v) is 11.4. The molecule has 0 atom stereocenters. The summed E-state index contributed by atoms with van der Waals surface area (Å²) in [5.41, 5.74) is 9.66. The summed E-state index contributed by atoms with van der Waals surface area (Å²) >= 11 is 0. The van der Waals surface area contributed by atoms with Crippen LogP contribution in [0, 0.1) is 0 Å². The molecule has 0 amide bonds. The Morgan fingerprint density at radius 1 is 1.06 bits per heavy atom. The van der Waals surface area contributed by atoms with E-state index in [1.54, 1.807) is 0 Å². The van der Waals surface area contributed by atoms with Gasteiger partial charge in [0.1, 0.15) is 0 Å². The lowest BCUT2D eigenvalue weighted by Gasteiger charge is -2.40. The molecule has 0 aliphatic carbocycles. The van der Waals surface area contributed by atoms with E-state index in [0.717, 1.165) is 67.7 Å². The molecule has 0 unspecified atom stereocenters. The number of guanidine groups is 1. The zero-order valence-corrected chi connectivity index (χ0v) is 19.2. The molecule has 172 valence electrons. The van der Waals surface area contributed by atoms with Gasteiger partial charge < -0.3 is 30.0 Å². The molecule has 5 heterocycles. The molecule has 0 saturated carbocycles. The smallest absolute Gasteiger partial charge is 0.195 e. The van der Waals surface area contributed by atoms with Crippen molar-refractivity contribution >= 4 is 23.0 Å². The van der Waals surface area contributed by atoms with Crippen molar-refractivity contribution in [2.24, 2.45) is 10.7 Å². The molecule has 2 saturated heterocycles. The highest BCUT2D eigenvalue weighted by Crippen LogP contribution is 2.31. The van der Waals surface area contributed by atoms with Gasteiger partial charge in [-0.2, -0.15) is 0 Å². The van der Waals surface area contributed by atoms with Crippen LogP contribution in [0.5, 0.6) is 0 Å². The quantitative estimate of drug-likeness (QED) is 0.702. The van der Waals surface area contributed by atoms with Crippen molar-refractivity contribution in [3.63, 3.8) is 0 Å². The lowest BCUT2D eigenvalue weighted by molar-refractivity contribution is 0.0993. The number of aromatic nitrogens is 3. The highest BCUT2D eigenvalue weighted by molar-refractivity contribution is 5.84. The van der Waals surface area contributed by atoms with Crippen molar-refractivity contribution in [2.45, 2.75) is 19.4 Å². The van der Waals surface area contributed by atoms with Gasteiger partial charge in [-0.1, -0.05) is 0 Å². The number of nitrogens with two attached hydrogens (primary N) is 1. The normalized spacial score (nSPS) is 21.1. The molecule has 32 heavy (non-hydrogen) atoms. The molecule has 10 nitrogen and oxygen atoms in total. The van der Waals surface area contributed by atoms with Gasteiger partial charge in [-0.15, -0.1) is 0 Å². The minimum atomic E-state index is -0.167. The minimum Gasteiger partial charge on any atom is -0.378 e. The van der Waals surface area contributed by atoms with E-state index < -0.39 is 0 Å². The van der Waals surface area contributed by atoms with Crippen molar-refractivity contribution in [1.29, 1.82) is 0 Å². The number of aliphatic imine (C=N–C) groups is 1. The van der Waals surface area contributed by atoms with Gasteiger partial charge in [-0.3, -0.25) is 4.90 Å². The van der Waals surface area contributed by atoms with Gasteiger partial charge in [-0.05, 0) is 13.8 Å². The maximum Gasteiger partial charge on any atom is 0.195 e. The van der Waals surface area contributed by atoms with Crippen LogP contribution in [-0.4, -0.2) is 96.2 Å². The number of ether oxygens (including phenoxy) is 1. The van der Waals surface area contributed by atoms with E-state index in [1.165, 1.54) is 0 Å². The van der Waals surface area contributed by atoms with Gasteiger partial charge in [0.25, 0.3) is 0 Å². The van der Waals surface area contributed by atoms with Crippen molar-refractivity contribution in [2.75, 3.05) is 71.0 Å². The number of piperazine rings is 1. The van der Waals surface area contributed by atoms with Crippen LogP contribution in [0.1, 0.15) is 25.2 Å². The average molecular weight is 440 g/mol. The van der Waals surface area contributed by atoms with E-state index in [1.807, 2.05) is 18.1 Å². The molecular formula is C22H33N9O. The summed E-state index contributed by atoms with van der Waals surface area (Å²) in [7, 11) is 1.94. The van der Waals surface area contributed by atoms with Crippen LogP contribution >= 0.6 is 0 Å². The number of nitrogens with one attached hydrogen (secondary N) is 1. The summed E-state index contributed by atoms with van der Waals surface area (Å²) in [6, 6.07) is 0. The number of likely N-dealkylation sites (N-methyl/N-ethyl adjacent to an activating group) is 1. The first kappa shape index (κ1) is 21.2. The second-order valence-corrected chi connectivity index (χ2v) is 9.20. The van der Waals surface area contributed by atoms with Gasteiger partial charge in [0.15, 0.2) is 17.4 Å². The molecule has 0 spiro atoms. The van der Waals surface area contributed by atoms with E-state index in [4.69, 9.17) is 20.4 Å². The summed E-state index contributed by atoms with van der Waals surface area (Å²) in [5, 5.41) is 3.44. The Morgan fingerprint density at radius 2 is 1.81 bits per heavy atom. The second kappa shape index (κ2) is 8.34. The van der Waals surface area contributed by atoms with E-state index in [2.05, 4.69) is 50.8 Å². The largest absolute Gasteiger partial charge is 0.378 e. The minimum absolute atomic E-state index is 0.167. The topological polar surface area (TPSA) is 99.5 Å². The van der Waals surface area contributed by atoms with E-state index in [-0.39, 0.29) is 5.54 Å². The zero-order chi connectivity index (χ0) is 22.3. The van der Waals surface area contributed by atoms with E-state index in [9.17, 15) is 0 Å². The van der Waals surface area contributed by atoms with Gasteiger partial charge in [0.05, 0.1) is 30.1 Å². The van der Waals surface area contributed by atoms with Crippen LogP contribution in [0.15, 0.2) is 23.6 Å². The molecule has 0 bridgehead atoms. The summed E-state index contributed by atoms with van der Waals surface area (Å²) in [4.78, 5) is 21.3. The van der Waals surface area contributed by atoms with Crippen molar-refractivity contribution < 1.29 is 4.74 Å². The predicted octanol–water partition coefficient (Wildman–Crippen LogP) is 0.307. The maximum absolute atomic E-state index is 5.94. The molecule has 0 aromatic carbocycles. The fourth-order valence-corrected chi connectivity index (χ4v) is 4.57. The molecule has 3 aliphatic rings. The Labute approximate surface area is 188 Å². The Kier molecular flexibility index (Phi) is 5.52. The summed E-state index contributed by atoms with van der Waals surface area (Å²) in [6.07, 6.45) is 6.06. The third-order valence-corrected chi connectivity index (χ3v) is 6.75. The number of hydrogen-bond donors (Lipinski definition) is 2. The molecule has 2 aromatic heterocycles. The standard InChI is InChI=1S/C22H33N9O/c1-22(2,31-6-4-24-5-7-31)18-15-30-14-17(16-12-25-21(23)28(3)13-16)26-19(20(30)27-18)29-8-10-32-11-9-29/h12,14-15,24H,4-11,13H2,1-3H3,(H2,23,25). The number of nitrogens with zero attached hydrogens (tertiary/aromatic N) is 7. The first-order valence-electron chi connectivity index (χ1n) is 11.4. The van der Waals surface area contributed by atoms with Crippen molar-refractivity contribution in [3.8, 4) is 0 Å². The molecule has 10 heteroatoms. The number of imidazole rings is 1. The zero-order valence-electron chi connectivity index (χ0n) is 19.2. The molecule has 2 aromatic rings. The number of morpholine rings is 1. The second-order valence-electron chi connectivity index (χ2n) is 9.20. The lowest BCUT2D eigenvalue weighted by atomic mass is 9.98. The summed E-state index contributed by atoms with van der Waals surface area (Å²) in [5.74, 6) is 1.42. The third-order valence-electron chi connectivity index (χ3n) is 6.75. The SMILES string of the molecule is CN1CC(c2cn3cc(C(C)(C)N4CCNCC4)nc3c(N3CCOCC3)n2)=CN=C1N. The Bertz CT molecular complexity index is 1050. The number of hydrogen-bond acceptors (Lipinski definition) is 9. The fraction of sp³-hybridized carbons (Fsp3) is 0.591. The summed E-state index contributed by atoms with van der Waals surface area (Å²) in [6.45, 7) is 12.2. The van der Waals surface area contributed by atoms with E-state index >= 15 is 0 Å². The molecule has 3 N–H and O–H groups in total. The average Bonchev–Trinajstić information content (AvgIpc) is 3.26. The van der Waals surface area contributed by atoms with Crippen LogP contribution < -0.4 is 16.0 Å². The van der Waals surface area contributed by atoms with Crippen molar-refractivity contribution in [1.82, 2.24) is 29.5 Å². The molecule has 3 aliphatic heterocycles. The molecular weight excluding hydrogens is 406 g/mol. The maximum atomic E-state index is 5.94. The fourth-order valence-electron chi connectivity index (χ4n) is 4.57. The van der Waals surface area contributed by atoms with E-state index in [0.29, 0.717) is 25.7 Å². The van der Waals surface area contributed by atoms with Crippen LogP contribution in [-0.2, 0) is 10.3 Å². The van der Waals surface area contributed by atoms with Crippen LogP contribution in [0.4, 0.5) is 5.82 Å². The molecule has 5 rings (SSSR count). The third kappa shape index (κ3) is 3.82. The molecule has 2 fully saturated rings.